The molecule has 4 heterocycles. The molecule has 1 amide bonds. The van der Waals surface area contributed by atoms with Gasteiger partial charge in [-0.15, -0.1) is 0 Å². The summed E-state index contributed by atoms with van der Waals surface area (Å²) in [6.45, 7) is 4.64. The molecule has 2 N–H and O–H groups in total. The van der Waals surface area contributed by atoms with Gasteiger partial charge in [0.15, 0.2) is 0 Å². The summed E-state index contributed by atoms with van der Waals surface area (Å²) >= 11 is 0. The molecular formula is C23H22N6O. The highest BCUT2D eigenvalue weighted by Gasteiger charge is 2.10. The number of carbonyl (C=O) groups is 1. The van der Waals surface area contributed by atoms with Crippen LogP contribution >= 0.6 is 0 Å². The van der Waals surface area contributed by atoms with Crippen LogP contribution in [-0.4, -0.2) is 33.6 Å². The van der Waals surface area contributed by atoms with E-state index in [0.29, 0.717) is 12.4 Å². The summed E-state index contributed by atoms with van der Waals surface area (Å²) in [5.74, 6) is 0.376. The first-order valence-electron chi connectivity index (χ1n) is 9.69. The van der Waals surface area contributed by atoms with E-state index in [4.69, 9.17) is 0 Å². The molecular weight excluding hydrogens is 376 g/mol. The zero-order valence-electron chi connectivity index (χ0n) is 16.9. The molecule has 0 saturated carbocycles. The van der Waals surface area contributed by atoms with E-state index in [1.54, 1.807) is 37.1 Å². The molecule has 0 aliphatic carbocycles. The van der Waals surface area contributed by atoms with E-state index in [0.717, 1.165) is 39.3 Å². The van der Waals surface area contributed by atoms with Crippen LogP contribution in [0.25, 0.3) is 17.0 Å². The van der Waals surface area contributed by atoms with Gasteiger partial charge in [-0.25, -0.2) is 4.98 Å². The first kappa shape index (κ1) is 19.4. The molecule has 150 valence electrons. The molecule has 1 aliphatic heterocycles. The number of amides is 1. The van der Waals surface area contributed by atoms with Crippen LogP contribution in [0.3, 0.4) is 0 Å². The zero-order valence-corrected chi connectivity index (χ0v) is 16.9. The lowest BCUT2D eigenvalue weighted by atomic mass is 10.0. The number of carbonyl (C=O) groups excluding carboxylic acids is 1. The van der Waals surface area contributed by atoms with Crippen LogP contribution in [0.2, 0.25) is 0 Å². The van der Waals surface area contributed by atoms with E-state index in [9.17, 15) is 4.79 Å². The van der Waals surface area contributed by atoms with Crippen LogP contribution in [0, 0.1) is 13.8 Å². The number of nitrogens with one attached hydrogen (secondary N) is 2. The Morgan fingerprint density at radius 2 is 1.97 bits per heavy atom. The molecule has 0 fully saturated rings. The SMILES string of the molecule is Cc1cc(-c2ncc(CC(=O)Nc3ccc(C4=CN=CCN4)cn3)cc2C)ccn1. The van der Waals surface area contributed by atoms with Gasteiger partial charge < -0.3 is 10.6 Å². The van der Waals surface area contributed by atoms with Gasteiger partial charge in [-0.1, -0.05) is 6.07 Å². The number of hydrogen-bond acceptors (Lipinski definition) is 6. The third kappa shape index (κ3) is 4.57. The topological polar surface area (TPSA) is 92.2 Å². The van der Waals surface area contributed by atoms with Crippen LogP contribution in [0.5, 0.6) is 0 Å². The average Bonchev–Trinajstić information content (AvgIpc) is 2.75. The molecule has 30 heavy (non-hydrogen) atoms. The van der Waals surface area contributed by atoms with E-state index < -0.39 is 0 Å². The molecule has 1 aliphatic rings. The molecule has 0 saturated heterocycles. The van der Waals surface area contributed by atoms with Crippen molar-refractivity contribution in [3.63, 3.8) is 0 Å². The number of aromatic nitrogens is 3. The third-order valence-corrected chi connectivity index (χ3v) is 4.70. The monoisotopic (exact) mass is 398 g/mol. The Bertz CT molecular complexity index is 1130. The summed E-state index contributed by atoms with van der Waals surface area (Å²) < 4.78 is 0. The lowest BCUT2D eigenvalue weighted by Gasteiger charge is -2.12. The number of pyridine rings is 3. The first-order valence-corrected chi connectivity index (χ1v) is 9.69. The number of anilines is 1. The second-order valence-electron chi connectivity index (χ2n) is 7.11. The van der Waals surface area contributed by atoms with E-state index in [1.165, 1.54) is 0 Å². The van der Waals surface area contributed by atoms with E-state index >= 15 is 0 Å². The van der Waals surface area contributed by atoms with E-state index in [2.05, 4.69) is 30.6 Å². The first-order chi connectivity index (χ1) is 14.6. The van der Waals surface area contributed by atoms with Crippen LogP contribution in [0.4, 0.5) is 5.82 Å². The van der Waals surface area contributed by atoms with Gasteiger partial charge in [-0.05, 0) is 49.2 Å². The van der Waals surface area contributed by atoms with Crippen molar-refractivity contribution in [1.29, 1.82) is 0 Å². The molecule has 0 aromatic carbocycles. The normalized spacial score (nSPS) is 12.8. The smallest absolute Gasteiger partial charge is 0.230 e. The third-order valence-electron chi connectivity index (χ3n) is 4.70. The summed E-state index contributed by atoms with van der Waals surface area (Å²) in [6.07, 6.45) is 9.02. The number of rotatable bonds is 5. The van der Waals surface area contributed by atoms with Crippen molar-refractivity contribution in [2.45, 2.75) is 20.3 Å². The second kappa shape index (κ2) is 8.65. The van der Waals surface area contributed by atoms with Crippen molar-refractivity contribution in [2.75, 3.05) is 11.9 Å². The molecule has 4 rings (SSSR count). The predicted molar refractivity (Wildman–Crippen MR) is 118 cm³/mol. The maximum atomic E-state index is 12.4. The minimum Gasteiger partial charge on any atom is -0.378 e. The summed E-state index contributed by atoms with van der Waals surface area (Å²) in [5.41, 5.74) is 6.57. The summed E-state index contributed by atoms with van der Waals surface area (Å²) in [7, 11) is 0. The van der Waals surface area contributed by atoms with Crippen LogP contribution in [-0.2, 0) is 11.2 Å². The Morgan fingerprint density at radius 3 is 2.67 bits per heavy atom. The molecule has 0 atom stereocenters. The van der Waals surface area contributed by atoms with Gasteiger partial charge in [-0.2, -0.15) is 0 Å². The van der Waals surface area contributed by atoms with E-state index in [1.807, 2.05) is 38.1 Å². The Kier molecular flexibility index (Phi) is 5.61. The lowest BCUT2D eigenvalue weighted by molar-refractivity contribution is -0.115. The fourth-order valence-corrected chi connectivity index (χ4v) is 3.28. The lowest BCUT2D eigenvalue weighted by Crippen LogP contribution is -2.18. The number of aryl methyl sites for hydroxylation is 2. The van der Waals surface area contributed by atoms with Crippen molar-refractivity contribution < 1.29 is 4.79 Å². The van der Waals surface area contributed by atoms with Crippen LogP contribution in [0.15, 0.2) is 60.1 Å². The predicted octanol–water partition coefficient (Wildman–Crippen LogP) is 3.31. The fraction of sp³-hybridized carbons (Fsp3) is 0.174. The Hall–Kier alpha value is -3.87. The summed E-state index contributed by atoms with van der Waals surface area (Å²) in [4.78, 5) is 29.7. The average molecular weight is 398 g/mol. The van der Waals surface area contributed by atoms with Crippen LogP contribution in [0.1, 0.15) is 22.4 Å². The highest BCUT2D eigenvalue weighted by molar-refractivity contribution is 5.91. The number of aliphatic imine (C=N–C) groups is 1. The maximum Gasteiger partial charge on any atom is 0.230 e. The fourth-order valence-electron chi connectivity index (χ4n) is 3.28. The molecule has 0 unspecified atom stereocenters. The van der Waals surface area contributed by atoms with Gasteiger partial charge in [0, 0.05) is 41.6 Å². The Balaban J connectivity index is 1.41. The van der Waals surface area contributed by atoms with Gasteiger partial charge in [-0.3, -0.25) is 19.8 Å². The van der Waals surface area contributed by atoms with Gasteiger partial charge in [0.2, 0.25) is 5.91 Å². The van der Waals surface area contributed by atoms with Crippen molar-refractivity contribution >= 4 is 23.6 Å². The Morgan fingerprint density at radius 1 is 1.07 bits per heavy atom. The number of hydrogen-bond donors (Lipinski definition) is 2. The van der Waals surface area contributed by atoms with Gasteiger partial charge in [0.1, 0.15) is 5.82 Å². The molecule has 0 bridgehead atoms. The second-order valence-corrected chi connectivity index (χ2v) is 7.11. The largest absolute Gasteiger partial charge is 0.378 e. The molecule has 7 heteroatoms. The highest BCUT2D eigenvalue weighted by Crippen LogP contribution is 2.22. The molecule has 0 radical (unpaired) electrons. The van der Waals surface area contributed by atoms with Gasteiger partial charge in [0.25, 0.3) is 0 Å². The van der Waals surface area contributed by atoms with Gasteiger partial charge >= 0.3 is 0 Å². The van der Waals surface area contributed by atoms with Crippen LogP contribution < -0.4 is 10.6 Å². The quantitative estimate of drug-likeness (QED) is 0.688. The molecule has 3 aromatic rings. The van der Waals surface area contributed by atoms with Crippen molar-refractivity contribution in [2.24, 2.45) is 4.99 Å². The zero-order chi connectivity index (χ0) is 20.9. The molecule has 3 aromatic heterocycles. The van der Waals surface area contributed by atoms with Crippen molar-refractivity contribution in [3.05, 3.63) is 77.5 Å². The molecule has 0 spiro atoms. The Labute approximate surface area is 175 Å². The van der Waals surface area contributed by atoms with Crippen molar-refractivity contribution in [3.8, 4) is 11.3 Å². The minimum atomic E-state index is -0.136. The van der Waals surface area contributed by atoms with E-state index in [-0.39, 0.29) is 12.3 Å². The highest BCUT2D eigenvalue weighted by atomic mass is 16.1. The number of nitrogens with zero attached hydrogens (tertiary/aromatic N) is 4. The van der Waals surface area contributed by atoms with Crippen molar-refractivity contribution in [1.82, 2.24) is 20.3 Å². The molecule has 7 nitrogen and oxygen atoms in total. The standard InChI is InChI=1S/C23H22N6O/c1-15-9-17(12-28-23(15)18-5-6-25-16(2)10-18)11-22(30)29-21-4-3-19(13-27-21)20-14-24-7-8-26-20/h3-7,9-10,12-14,26H,8,11H2,1-2H3,(H,27,29,30). The minimum absolute atomic E-state index is 0.136. The van der Waals surface area contributed by atoms with Gasteiger partial charge in [0.05, 0.1) is 30.6 Å². The maximum absolute atomic E-state index is 12.4. The summed E-state index contributed by atoms with van der Waals surface area (Å²) in [6, 6.07) is 9.62. The summed E-state index contributed by atoms with van der Waals surface area (Å²) in [5, 5.41) is 6.07.